The van der Waals surface area contributed by atoms with Gasteiger partial charge in [0.05, 0.1) is 19.1 Å². The summed E-state index contributed by atoms with van der Waals surface area (Å²) < 4.78 is 16.8. The van der Waals surface area contributed by atoms with Crippen molar-refractivity contribution in [2.45, 2.75) is 31.9 Å². The Balaban J connectivity index is 1.24. The Morgan fingerprint density at radius 2 is 1.84 bits per heavy atom. The topological polar surface area (TPSA) is 93.9 Å². The van der Waals surface area contributed by atoms with E-state index in [9.17, 15) is 9.59 Å². The second-order valence-electron chi connectivity index (χ2n) is 8.22. The zero-order valence-corrected chi connectivity index (χ0v) is 17.7. The monoisotopic (exact) mass is 435 g/mol. The lowest BCUT2D eigenvalue weighted by molar-refractivity contribution is -0.134. The highest BCUT2D eigenvalue weighted by Crippen LogP contribution is 2.32. The number of morpholine rings is 1. The van der Waals surface area contributed by atoms with Gasteiger partial charge in [-0.3, -0.25) is 19.8 Å². The first-order valence-corrected chi connectivity index (χ1v) is 10.9. The second kappa shape index (κ2) is 9.10. The number of nitrogens with one attached hydrogen (secondary N) is 1. The molecule has 1 aromatic heterocycles. The van der Waals surface area contributed by atoms with Crippen LogP contribution in [0.2, 0.25) is 0 Å². The average Bonchev–Trinajstić information content (AvgIpc) is 3.22. The van der Waals surface area contributed by atoms with Crippen molar-refractivity contribution in [3.63, 3.8) is 0 Å². The van der Waals surface area contributed by atoms with Gasteiger partial charge in [0.1, 0.15) is 18.1 Å². The molecule has 1 unspecified atom stereocenters. The van der Waals surface area contributed by atoms with Crippen LogP contribution in [-0.4, -0.2) is 48.2 Å². The lowest BCUT2D eigenvalue weighted by Crippen LogP contribution is -2.39. The van der Waals surface area contributed by atoms with Crippen LogP contribution in [0, 0.1) is 0 Å². The van der Waals surface area contributed by atoms with Crippen LogP contribution in [-0.2, 0) is 27.5 Å². The van der Waals surface area contributed by atoms with Crippen molar-refractivity contribution in [1.29, 1.82) is 0 Å². The van der Waals surface area contributed by atoms with Gasteiger partial charge in [-0.05, 0) is 35.7 Å². The molecule has 0 saturated carbocycles. The zero-order valence-electron chi connectivity index (χ0n) is 17.7. The first-order chi connectivity index (χ1) is 15.7. The number of fused-ring (bicyclic) bond motifs is 1. The number of piperidine rings is 1. The molecule has 0 spiro atoms. The number of ether oxygens (including phenoxy) is 2. The lowest BCUT2D eigenvalue weighted by Gasteiger charge is -2.26. The predicted molar refractivity (Wildman–Crippen MR) is 116 cm³/mol. The third kappa shape index (κ3) is 4.51. The van der Waals surface area contributed by atoms with Gasteiger partial charge in [0.15, 0.2) is 5.58 Å². The molecule has 2 saturated heterocycles. The maximum Gasteiger partial charge on any atom is 0.235 e. The summed E-state index contributed by atoms with van der Waals surface area (Å²) in [5.41, 5.74) is 3.48. The summed E-state index contributed by atoms with van der Waals surface area (Å²) in [5, 5.41) is 7.20. The van der Waals surface area contributed by atoms with Crippen LogP contribution in [0.4, 0.5) is 0 Å². The minimum absolute atomic E-state index is 0.251. The molecule has 3 heterocycles. The Morgan fingerprint density at radius 3 is 2.62 bits per heavy atom. The fourth-order valence-electron chi connectivity index (χ4n) is 4.16. The van der Waals surface area contributed by atoms with Gasteiger partial charge < -0.3 is 14.0 Å². The third-order valence-corrected chi connectivity index (χ3v) is 5.98. The van der Waals surface area contributed by atoms with Crippen molar-refractivity contribution in [2.24, 2.45) is 0 Å². The van der Waals surface area contributed by atoms with Crippen LogP contribution in [0.3, 0.4) is 0 Å². The number of hydrogen-bond acceptors (Lipinski definition) is 7. The van der Waals surface area contributed by atoms with E-state index in [1.807, 2.05) is 12.1 Å². The van der Waals surface area contributed by atoms with Crippen molar-refractivity contribution >= 4 is 22.8 Å². The number of aromatic nitrogens is 1. The van der Waals surface area contributed by atoms with Crippen LogP contribution in [0.25, 0.3) is 11.0 Å². The Bertz CT molecular complexity index is 1120. The van der Waals surface area contributed by atoms with Crippen LogP contribution >= 0.6 is 0 Å². The van der Waals surface area contributed by atoms with Crippen molar-refractivity contribution in [3.05, 3.63) is 59.3 Å². The number of carbonyl (C=O) groups excluding carboxylic acids is 2. The molecule has 8 nitrogen and oxygen atoms in total. The van der Waals surface area contributed by atoms with E-state index < -0.39 is 5.92 Å². The van der Waals surface area contributed by atoms with E-state index in [-0.39, 0.29) is 11.8 Å². The van der Waals surface area contributed by atoms with E-state index in [0.29, 0.717) is 36.5 Å². The highest BCUT2D eigenvalue weighted by molar-refractivity contribution is 6.02. The molecule has 0 radical (unpaired) electrons. The lowest BCUT2D eigenvalue weighted by atomic mass is 9.93. The fourth-order valence-corrected chi connectivity index (χ4v) is 4.16. The largest absolute Gasteiger partial charge is 0.489 e. The zero-order chi connectivity index (χ0) is 21.9. The molecular formula is C24H25N3O5. The van der Waals surface area contributed by atoms with Crippen molar-refractivity contribution < 1.29 is 23.6 Å². The summed E-state index contributed by atoms with van der Waals surface area (Å²) in [6, 6.07) is 13.9. The molecule has 1 atom stereocenters. The smallest absolute Gasteiger partial charge is 0.235 e. The van der Waals surface area contributed by atoms with Gasteiger partial charge in [0.25, 0.3) is 0 Å². The molecule has 32 heavy (non-hydrogen) atoms. The van der Waals surface area contributed by atoms with E-state index in [0.717, 1.165) is 43.8 Å². The van der Waals surface area contributed by atoms with Crippen molar-refractivity contribution in [3.8, 4) is 5.75 Å². The molecule has 5 rings (SSSR count). The van der Waals surface area contributed by atoms with Crippen LogP contribution in [0.1, 0.15) is 35.6 Å². The SMILES string of the molecule is O=C1CCC(c2noc3ccc(OCc4ccc(CN5CCOCC5)cc4)cc23)C(=O)N1. The quantitative estimate of drug-likeness (QED) is 0.595. The predicted octanol–water partition coefficient (Wildman–Crippen LogP) is 2.76. The summed E-state index contributed by atoms with van der Waals surface area (Å²) >= 11 is 0. The summed E-state index contributed by atoms with van der Waals surface area (Å²) in [6.07, 6.45) is 0.719. The first-order valence-electron chi connectivity index (χ1n) is 10.9. The summed E-state index contributed by atoms with van der Waals surface area (Å²) in [6.45, 7) is 4.90. The molecule has 2 amide bonds. The normalized spacial score (nSPS) is 19.8. The minimum Gasteiger partial charge on any atom is -0.489 e. The number of carbonyl (C=O) groups is 2. The van der Waals surface area contributed by atoms with E-state index >= 15 is 0 Å². The Kier molecular flexibility index (Phi) is 5.87. The molecule has 0 aliphatic carbocycles. The molecule has 166 valence electrons. The Hall–Kier alpha value is -3.23. The van der Waals surface area contributed by atoms with Crippen molar-refractivity contribution in [1.82, 2.24) is 15.4 Å². The fraction of sp³-hybridized carbons (Fsp3) is 0.375. The van der Waals surface area contributed by atoms with E-state index in [4.69, 9.17) is 14.0 Å². The Labute approximate surface area is 185 Å². The maximum absolute atomic E-state index is 12.2. The van der Waals surface area contributed by atoms with Gasteiger partial charge in [-0.2, -0.15) is 0 Å². The molecule has 2 aliphatic heterocycles. The first kappa shape index (κ1) is 20.7. The molecular weight excluding hydrogens is 410 g/mol. The van der Waals surface area contributed by atoms with Gasteiger partial charge in [-0.1, -0.05) is 29.4 Å². The second-order valence-corrected chi connectivity index (χ2v) is 8.22. The standard InChI is InChI=1S/C24H25N3O5/c28-22-8-6-19(24(29)25-22)23-20-13-18(5-7-21(20)32-26-23)31-15-17-3-1-16(2-4-17)14-27-9-11-30-12-10-27/h1-5,7,13,19H,6,8-12,14-15H2,(H,25,28,29). The number of hydrogen-bond donors (Lipinski definition) is 1. The number of benzene rings is 2. The molecule has 2 fully saturated rings. The third-order valence-electron chi connectivity index (χ3n) is 5.98. The average molecular weight is 435 g/mol. The molecule has 0 bridgehead atoms. The van der Waals surface area contributed by atoms with E-state index in [1.165, 1.54) is 5.56 Å². The van der Waals surface area contributed by atoms with Gasteiger partial charge in [0, 0.05) is 31.4 Å². The van der Waals surface area contributed by atoms with Gasteiger partial charge >= 0.3 is 0 Å². The maximum atomic E-state index is 12.2. The Morgan fingerprint density at radius 1 is 1.06 bits per heavy atom. The van der Waals surface area contributed by atoms with Crippen molar-refractivity contribution in [2.75, 3.05) is 26.3 Å². The summed E-state index contributed by atoms with van der Waals surface area (Å²) in [4.78, 5) is 26.1. The molecule has 1 N–H and O–H groups in total. The van der Waals surface area contributed by atoms with Crippen LogP contribution in [0.5, 0.6) is 5.75 Å². The highest BCUT2D eigenvalue weighted by atomic mass is 16.5. The highest BCUT2D eigenvalue weighted by Gasteiger charge is 2.32. The van der Waals surface area contributed by atoms with Crippen LogP contribution < -0.4 is 10.1 Å². The van der Waals surface area contributed by atoms with E-state index in [1.54, 1.807) is 6.07 Å². The molecule has 2 aromatic carbocycles. The van der Waals surface area contributed by atoms with Gasteiger partial charge in [0.2, 0.25) is 11.8 Å². The van der Waals surface area contributed by atoms with Gasteiger partial charge in [-0.25, -0.2) is 0 Å². The minimum atomic E-state index is -0.497. The number of rotatable bonds is 6. The van der Waals surface area contributed by atoms with Gasteiger partial charge in [-0.15, -0.1) is 0 Å². The molecule has 2 aliphatic rings. The number of imide groups is 1. The van der Waals surface area contributed by atoms with E-state index in [2.05, 4.69) is 39.6 Å². The number of nitrogens with zero attached hydrogens (tertiary/aromatic N) is 2. The number of amides is 2. The molecule has 8 heteroatoms. The van der Waals surface area contributed by atoms with Crippen LogP contribution in [0.15, 0.2) is 47.0 Å². The summed E-state index contributed by atoms with van der Waals surface area (Å²) in [7, 11) is 0. The summed E-state index contributed by atoms with van der Waals surface area (Å²) in [5.74, 6) is -0.408. The molecule has 3 aromatic rings.